The van der Waals surface area contributed by atoms with Gasteiger partial charge in [0.05, 0.1) is 0 Å². The van der Waals surface area contributed by atoms with Crippen LogP contribution in [-0.2, 0) is 0 Å². The Labute approximate surface area is 109 Å². The summed E-state index contributed by atoms with van der Waals surface area (Å²) in [6.07, 6.45) is 6.83. The van der Waals surface area contributed by atoms with Crippen LogP contribution in [0.1, 0.15) is 49.1 Å². The molecule has 4 nitrogen and oxygen atoms in total. The smallest absolute Gasteiger partial charge is 0.267 e. The second-order valence-corrected chi connectivity index (χ2v) is 4.89. The van der Waals surface area contributed by atoms with E-state index in [2.05, 4.69) is 22.1 Å². The molecule has 0 atom stereocenters. The molecule has 1 heterocycles. The van der Waals surface area contributed by atoms with Gasteiger partial charge in [-0.25, -0.2) is 0 Å². The second-order valence-electron chi connectivity index (χ2n) is 4.89. The van der Waals surface area contributed by atoms with Crippen LogP contribution in [0.3, 0.4) is 0 Å². The van der Waals surface area contributed by atoms with Gasteiger partial charge in [-0.2, -0.15) is 0 Å². The van der Waals surface area contributed by atoms with Crippen LogP contribution >= 0.6 is 0 Å². The molecular formula is C14H23N3O. The van der Waals surface area contributed by atoms with E-state index in [4.69, 9.17) is 0 Å². The van der Waals surface area contributed by atoms with Crippen molar-refractivity contribution in [2.24, 2.45) is 0 Å². The van der Waals surface area contributed by atoms with Crippen molar-refractivity contribution in [1.29, 1.82) is 0 Å². The van der Waals surface area contributed by atoms with Crippen LogP contribution in [0.4, 0.5) is 0 Å². The third-order valence-electron chi connectivity index (χ3n) is 3.49. The van der Waals surface area contributed by atoms with Crippen LogP contribution in [0.2, 0.25) is 0 Å². The molecule has 0 aromatic carbocycles. The Kier molecular flexibility index (Phi) is 4.81. The normalized spacial score (nSPS) is 15.4. The first-order valence-electron chi connectivity index (χ1n) is 6.98. The van der Waals surface area contributed by atoms with Crippen molar-refractivity contribution in [3.05, 3.63) is 24.0 Å². The zero-order chi connectivity index (χ0) is 12.8. The van der Waals surface area contributed by atoms with Gasteiger partial charge in [0.1, 0.15) is 5.69 Å². The van der Waals surface area contributed by atoms with Gasteiger partial charge < -0.3 is 15.2 Å². The molecule has 0 radical (unpaired) electrons. The van der Waals surface area contributed by atoms with Crippen molar-refractivity contribution in [1.82, 2.24) is 15.2 Å². The summed E-state index contributed by atoms with van der Waals surface area (Å²) in [4.78, 5) is 12.0. The number of carbonyl (C=O) groups excluding carboxylic acids is 1. The maximum absolute atomic E-state index is 12.0. The van der Waals surface area contributed by atoms with Crippen LogP contribution in [-0.4, -0.2) is 30.1 Å². The van der Waals surface area contributed by atoms with Crippen molar-refractivity contribution < 1.29 is 4.79 Å². The van der Waals surface area contributed by atoms with Gasteiger partial charge in [0.2, 0.25) is 0 Å². The average molecular weight is 249 g/mol. The highest BCUT2D eigenvalue weighted by Crippen LogP contribution is 2.32. The van der Waals surface area contributed by atoms with Gasteiger partial charge in [-0.15, -0.1) is 0 Å². The maximum atomic E-state index is 12.0. The van der Waals surface area contributed by atoms with E-state index in [0.717, 1.165) is 25.2 Å². The third kappa shape index (κ3) is 3.13. The van der Waals surface area contributed by atoms with Crippen LogP contribution < -0.4 is 10.6 Å². The third-order valence-corrected chi connectivity index (χ3v) is 3.49. The molecule has 0 saturated heterocycles. The molecule has 1 aliphatic rings. The van der Waals surface area contributed by atoms with E-state index in [1.165, 1.54) is 19.3 Å². The molecule has 1 fully saturated rings. The van der Waals surface area contributed by atoms with Gasteiger partial charge in [-0.05, 0) is 44.4 Å². The summed E-state index contributed by atoms with van der Waals surface area (Å²) in [7, 11) is 0. The van der Waals surface area contributed by atoms with E-state index < -0.39 is 0 Å². The largest absolute Gasteiger partial charge is 0.349 e. The van der Waals surface area contributed by atoms with Gasteiger partial charge in [-0.3, -0.25) is 4.79 Å². The number of nitrogens with zero attached hydrogens (tertiary/aromatic N) is 1. The van der Waals surface area contributed by atoms with Crippen molar-refractivity contribution in [3.8, 4) is 0 Å². The quantitative estimate of drug-likeness (QED) is 0.725. The Morgan fingerprint density at radius 1 is 1.39 bits per heavy atom. The summed E-state index contributed by atoms with van der Waals surface area (Å²) in [6, 6.07) is 4.41. The second kappa shape index (κ2) is 6.59. The first kappa shape index (κ1) is 13.1. The molecule has 2 rings (SSSR count). The molecular weight excluding hydrogens is 226 g/mol. The van der Waals surface area contributed by atoms with E-state index in [1.807, 2.05) is 18.3 Å². The predicted molar refractivity (Wildman–Crippen MR) is 72.8 cm³/mol. The Hall–Kier alpha value is -1.29. The van der Waals surface area contributed by atoms with Gasteiger partial charge in [0.25, 0.3) is 5.91 Å². The zero-order valence-electron chi connectivity index (χ0n) is 11.1. The molecule has 100 valence electrons. The van der Waals surface area contributed by atoms with Crippen molar-refractivity contribution in [2.75, 3.05) is 19.6 Å². The van der Waals surface area contributed by atoms with Gasteiger partial charge in [0.15, 0.2) is 0 Å². The number of rotatable bonds is 7. The Morgan fingerprint density at radius 3 is 2.89 bits per heavy atom. The van der Waals surface area contributed by atoms with Crippen molar-refractivity contribution in [3.63, 3.8) is 0 Å². The van der Waals surface area contributed by atoms with Gasteiger partial charge in [-0.1, -0.05) is 6.92 Å². The van der Waals surface area contributed by atoms with Crippen molar-refractivity contribution in [2.45, 2.75) is 38.6 Å². The van der Waals surface area contributed by atoms with Crippen molar-refractivity contribution >= 4 is 5.91 Å². The minimum absolute atomic E-state index is 0.0465. The monoisotopic (exact) mass is 249 g/mol. The van der Waals surface area contributed by atoms with E-state index >= 15 is 0 Å². The summed E-state index contributed by atoms with van der Waals surface area (Å²) in [5, 5.41) is 6.24. The van der Waals surface area contributed by atoms with E-state index in [0.29, 0.717) is 12.6 Å². The molecule has 0 bridgehead atoms. The Bertz CT molecular complexity index is 382. The number of carbonyl (C=O) groups is 1. The molecule has 1 aromatic rings. The molecule has 2 N–H and O–H groups in total. The van der Waals surface area contributed by atoms with Gasteiger partial charge >= 0.3 is 0 Å². The lowest BCUT2D eigenvalue weighted by atomic mass is 9.93. The molecule has 1 aromatic heterocycles. The first-order chi connectivity index (χ1) is 8.83. The topological polar surface area (TPSA) is 46.1 Å². The number of nitrogens with one attached hydrogen (secondary N) is 2. The summed E-state index contributed by atoms with van der Waals surface area (Å²) >= 11 is 0. The summed E-state index contributed by atoms with van der Waals surface area (Å²) in [5.74, 6) is 0.0465. The zero-order valence-corrected chi connectivity index (χ0v) is 11.1. The van der Waals surface area contributed by atoms with Crippen LogP contribution in [0, 0.1) is 0 Å². The molecule has 1 amide bonds. The number of amides is 1. The highest BCUT2D eigenvalue weighted by Gasteiger charge is 2.22. The molecule has 18 heavy (non-hydrogen) atoms. The standard InChI is InChI=1S/C14H23N3O/c1-2-8-15-9-10-16-14(18)13-7-4-11-17(13)12-5-3-6-12/h4,7,11-12,15H,2-3,5-6,8-10H2,1H3,(H,16,18). The molecule has 0 aliphatic heterocycles. The minimum Gasteiger partial charge on any atom is -0.349 e. The summed E-state index contributed by atoms with van der Waals surface area (Å²) < 4.78 is 2.12. The van der Waals surface area contributed by atoms with E-state index in [-0.39, 0.29) is 5.91 Å². The summed E-state index contributed by atoms with van der Waals surface area (Å²) in [6.45, 7) is 4.67. The molecule has 1 aliphatic carbocycles. The van der Waals surface area contributed by atoms with Crippen LogP contribution in [0.5, 0.6) is 0 Å². The number of hydrogen-bond acceptors (Lipinski definition) is 2. The SMILES string of the molecule is CCCNCCNC(=O)c1cccn1C1CCC1. The number of hydrogen-bond donors (Lipinski definition) is 2. The molecule has 4 heteroatoms. The van der Waals surface area contributed by atoms with Crippen LogP contribution in [0.15, 0.2) is 18.3 Å². The van der Waals surface area contributed by atoms with Crippen LogP contribution in [0.25, 0.3) is 0 Å². The number of aromatic nitrogens is 1. The Balaban J connectivity index is 1.79. The minimum atomic E-state index is 0.0465. The fourth-order valence-corrected chi connectivity index (χ4v) is 2.23. The fraction of sp³-hybridized carbons (Fsp3) is 0.643. The summed E-state index contributed by atoms with van der Waals surface area (Å²) in [5.41, 5.74) is 0.801. The molecule has 0 spiro atoms. The highest BCUT2D eigenvalue weighted by molar-refractivity contribution is 5.92. The van der Waals surface area contributed by atoms with E-state index in [1.54, 1.807) is 0 Å². The highest BCUT2D eigenvalue weighted by atomic mass is 16.1. The van der Waals surface area contributed by atoms with Gasteiger partial charge in [0, 0.05) is 25.3 Å². The van der Waals surface area contributed by atoms with E-state index in [9.17, 15) is 4.79 Å². The lowest BCUT2D eigenvalue weighted by Crippen LogP contribution is -2.34. The average Bonchev–Trinajstić information content (AvgIpc) is 2.75. The first-order valence-corrected chi connectivity index (χ1v) is 6.98. The lowest BCUT2D eigenvalue weighted by molar-refractivity contribution is 0.0939. The lowest BCUT2D eigenvalue weighted by Gasteiger charge is -2.28. The maximum Gasteiger partial charge on any atom is 0.267 e. The Morgan fingerprint density at radius 2 is 2.22 bits per heavy atom. The fourth-order valence-electron chi connectivity index (χ4n) is 2.23. The molecule has 0 unspecified atom stereocenters. The molecule has 1 saturated carbocycles. The predicted octanol–water partition coefficient (Wildman–Crippen LogP) is 1.94.